The Labute approximate surface area is 107 Å². The van der Waals surface area contributed by atoms with Crippen molar-refractivity contribution in [1.29, 1.82) is 0 Å². The quantitative estimate of drug-likeness (QED) is 0.755. The summed E-state index contributed by atoms with van der Waals surface area (Å²) in [5, 5.41) is 5.55. The van der Waals surface area contributed by atoms with Crippen LogP contribution in [0.25, 0.3) is 11.9 Å². The maximum Gasteiger partial charge on any atom is 0.0962 e. The minimum absolute atomic E-state index is 0.607. The fourth-order valence-electron chi connectivity index (χ4n) is 1.87. The Bertz CT molecular complexity index is 718. The van der Waals surface area contributed by atoms with Gasteiger partial charge >= 0.3 is 0 Å². The Hall–Kier alpha value is -1.52. The van der Waals surface area contributed by atoms with Crippen LogP contribution in [0.4, 0.5) is 5.69 Å². The van der Waals surface area contributed by atoms with Crippen LogP contribution in [0.1, 0.15) is 9.75 Å². The standard InChI is InChI=1S/C12H10ClN3S/c1-6-2-9-12(17-6)10(14)11-7(4-15-9)3-8(13)5-16-11/h2-5,15H,14H2,1H3. The molecule has 3 N–H and O–H groups in total. The molecule has 0 fully saturated rings. The molecule has 3 heterocycles. The second-order valence-electron chi connectivity index (χ2n) is 3.89. The van der Waals surface area contributed by atoms with E-state index in [9.17, 15) is 0 Å². The summed E-state index contributed by atoms with van der Waals surface area (Å²) in [6.45, 7) is 2.06. The normalized spacial score (nSPS) is 13.2. The van der Waals surface area contributed by atoms with Gasteiger partial charge in [0, 0.05) is 22.5 Å². The fourth-order valence-corrected chi connectivity index (χ4v) is 2.97. The highest BCUT2D eigenvalue weighted by Gasteiger charge is 2.12. The van der Waals surface area contributed by atoms with Crippen molar-refractivity contribution in [2.45, 2.75) is 6.92 Å². The van der Waals surface area contributed by atoms with Gasteiger partial charge in [-0.3, -0.25) is 4.98 Å². The number of hydrogen-bond acceptors (Lipinski definition) is 4. The van der Waals surface area contributed by atoms with E-state index in [0.717, 1.165) is 21.1 Å². The molecule has 0 aromatic carbocycles. The topological polar surface area (TPSA) is 50.9 Å². The number of pyridine rings is 1. The summed E-state index contributed by atoms with van der Waals surface area (Å²) < 4.78 is 0. The van der Waals surface area contributed by atoms with E-state index >= 15 is 0 Å². The van der Waals surface area contributed by atoms with Crippen molar-refractivity contribution >= 4 is 40.5 Å². The van der Waals surface area contributed by atoms with E-state index in [0.29, 0.717) is 10.7 Å². The maximum absolute atomic E-state index is 6.18. The van der Waals surface area contributed by atoms with Crippen LogP contribution in [-0.2, 0) is 0 Å². The van der Waals surface area contributed by atoms with Crippen LogP contribution < -0.4 is 21.6 Å². The number of halogens is 1. The Morgan fingerprint density at radius 3 is 3.06 bits per heavy atom. The van der Waals surface area contributed by atoms with Gasteiger partial charge in [0.25, 0.3) is 0 Å². The number of nitrogens with one attached hydrogen (secondary N) is 1. The molecule has 17 heavy (non-hydrogen) atoms. The number of nitrogens with zero attached hydrogens (tertiary/aromatic N) is 1. The zero-order valence-corrected chi connectivity index (χ0v) is 10.7. The monoisotopic (exact) mass is 263 g/mol. The van der Waals surface area contributed by atoms with Crippen molar-refractivity contribution in [1.82, 2.24) is 4.98 Å². The van der Waals surface area contributed by atoms with Gasteiger partial charge in [0.05, 0.1) is 26.6 Å². The number of aromatic nitrogens is 1. The van der Waals surface area contributed by atoms with Gasteiger partial charge in [-0.15, -0.1) is 11.3 Å². The average molecular weight is 264 g/mol. The Morgan fingerprint density at radius 1 is 1.41 bits per heavy atom. The molecular weight excluding hydrogens is 254 g/mol. The van der Waals surface area contributed by atoms with Gasteiger partial charge in [-0.05, 0) is 19.1 Å². The molecular formula is C12H10ClN3S. The SMILES string of the molecule is Cc1cc2c(s1)C(N)=c1ncc(Cl)cc1=CN2. The van der Waals surface area contributed by atoms with Crippen LogP contribution in [0, 0.1) is 6.92 Å². The number of hydrogen-bond donors (Lipinski definition) is 2. The predicted octanol–water partition coefficient (Wildman–Crippen LogP) is 1.38. The van der Waals surface area contributed by atoms with Gasteiger partial charge in [0.15, 0.2) is 0 Å². The third-order valence-corrected chi connectivity index (χ3v) is 3.91. The predicted molar refractivity (Wildman–Crippen MR) is 72.3 cm³/mol. The molecule has 0 radical (unpaired) electrons. The lowest BCUT2D eigenvalue weighted by Crippen LogP contribution is -2.32. The van der Waals surface area contributed by atoms with Crippen LogP contribution in [-0.4, -0.2) is 4.98 Å². The first-order chi connectivity index (χ1) is 8.15. The lowest BCUT2D eigenvalue weighted by molar-refractivity contribution is 1.20. The molecule has 1 aliphatic heterocycles. The highest BCUT2D eigenvalue weighted by atomic mass is 35.5. The second-order valence-corrected chi connectivity index (χ2v) is 5.59. The van der Waals surface area contributed by atoms with Crippen LogP contribution in [0.5, 0.6) is 0 Å². The van der Waals surface area contributed by atoms with Crippen molar-refractivity contribution in [3.63, 3.8) is 0 Å². The molecule has 0 saturated carbocycles. The smallest absolute Gasteiger partial charge is 0.0962 e. The first kappa shape index (κ1) is 10.6. The average Bonchev–Trinajstić information content (AvgIpc) is 2.62. The summed E-state index contributed by atoms with van der Waals surface area (Å²) in [6, 6.07) is 3.93. The summed E-state index contributed by atoms with van der Waals surface area (Å²) in [7, 11) is 0. The second kappa shape index (κ2) is 3.75. The largest absolute Gasteiger partial charge is 0.396 e. The van der Waals surface area contributed by atoms with Crippen molar-refractivity contribution in [3.8, 4) is 0 Å². The van der Waals surface area contributed by atoms with Gasteiger partial charge in [-0.1, -0.05) is 11.6 Å². The third kappa shape index (κ3) is 1.69. The van der Waals surface area contributed by atoms with Crippen molar-refractivity contribution in [2.24, 2.45) is 5.73 Å². The van der Waals surface area contributed by atoms with Gasteiger partial charge in [-0.25, -0.2) is 0 Å². The summed E-state index contributed by atoms with van der Waals surface area (Å²) in [5.41, 5.74) is 7.91. The lowest BCUT2D eigenvalue weighted by atomic mass is 10.2. The number of fused-ring (bicyclic) bond motifs is 2. The Kier molecular flexibility index (Phi) is 2.34. The van der Waals surface area contributed by atoms with Crippen molar-refractivity contribution in [3.05, 3.63) is 43.7 Å². The van der Waals surface area contributed by atoms with E-state index in [4.69, 9.17) is 17.3 Å². The summed E-state index contributed by atoms with van der Waals surface area (Å²) in [6.07, 6.45) is 3.51. The molecule has 0 amide bonds. The minimum Gasteiger partial charge on any atom is -0.396 e. The number of aryl methyl sites for hydroxylation is 1. The number of anilines is 1. The zero-order chi connectivity index (χ0) is 12.0. The Morgan fingerprint density at radius 2 is 2.24 bits per heavy atom. The number of nitrogens with two attached hydrogens (primary N) is 1. The van der Waals surface area contributed by atoms with Gasteiger partial charge < -0.3 is 11.1 Å². The fraction of sp³-hybridized carbons (Fsp3) is 0.0833. The summed E-state index contributed by atoms with van der Waals surface area (Å²) in [5.74, 6) is 0. The first-order valence-electron chi connectivity index (χ1n) is 5.14. The molecule has 0 bridgehead atoms. The van der Waals surface area contributed by atoms with Crippen LogP contribution >= 0.6 is 22.9 Å². The van der Waals surface area contributed by atoms with E-state index < -0.39 is 0 Å². The molecule has 1 aliphatic rings. The molecule has 86 valence electrons. The van der Waals surface area contributed by atoms with E-state index in [-0.39, 0.29) is 0 Å². The minimum atomic E-state index is 0.607. The molecule has 2 aromatic heterocycles. The number of thiophene rings is 1. The third-order valence-electron chi connectivity index (χ3n) is 2.62. The van der Waals surface area contributed by atoms with Gasteiger partial charge in [0.2, 0.25) is 0 Å². The molecule has 0 saturated heterocycles. The van der Waals surface area contributed by atoms with E-state index in [1.54, 1.807) is 17.5 Å². The van der Waals surface area contributed by atoms with Crippen LogP contribution in [0.2, 0.25) is 5.02 Å². The van der Waals surface area contributed by atoms with Crippen molar-refractivity contribution in [2.75, 3.05) is 5.32 Å². The summed E-state index contributed by atoms with van der Waals surface area (Å²) >= 11 is 7.59. The lowest BCUT2D eigenvalue weighted by Gasteiger charge is -1.99. The molecule has 0 unspecified atom stereocenters. The summed E-state index contributed by atoms with van der Waals surface area (Å²) in [4.78, 5) is 6.56. The molecule has 0 aliphatic carbocycles. The Balaban J connectivity index is 2.41. The molecule has 3 nitrogen and oxygen atoms in total. The molecule has 5 heteroatoms. The van der Waals surface area contributed by atoms with Gasteiger partial charge in [-0.2, -0.15) is 0 Å². The zero-order valence-electron chi connectivity index (χ0n) is 9.12. The number of rotatable bonds is 0. The molecule has 3 rings (SSSR count). The first-order valence-corrected chi connectivity index (χ1v) is 6.33. The van der Waals surface area contributed by atoms with Gasteiger partial charge in [0.1, 0.15) is 0 Å². The highest BCUT2D eigenvalue weighted by Crippen LogP contribution is 2.30. The molecule has 0 atom stereocenters. The van der Waals surface area contributed by atoms with Crippen molar-refractivity contribution < 1.29 is 0 Å². The van der Waals surface area contributed by atoms with E-state index in [1.165, 1.54) is 4.88 Å². The van der Waals surface area contributed by atoms with Crippen LogP contribution in [0.3, 0.4) is 0 Å². The van der Waals surface area contributed by atoms with E-state index in [1.807, 2.05) is 12.3 Å². The molecule has 0 spiro atoms. The highest BCUT2D eigenvalue weighted by molar-refractivity contribution is 7.13. The maximum atomic E-state index is 6.18. The van der Waals surface area contributed by atoms with Crippen LogP contribution in [0.15, 0.2) is 18.3 Å². The van der Waals surface area contributed by atoms with E-state index in [2.05, 4.69) is 23.3 Å². The molecule has 2 aromatic rings.